The molecule has 0 saturated carbocycles. The van der Waals surface area contributed by atoms with Crippen LogP contribution >= 0.6 is 11.3 Å². The van der Waals surface area contributed by atoms with Crippen LogP contribution in [0.3, 0.4) is 0 Å². The summed E-state index contributed by atoms with van der Waals surface area (Å²) in [5.74, 6) is 0.0912. The summed E-state index contributed by atoms with van der Waals surface area (Å²) >= 11 is 1.63. The third-order valence-corrected chi connectivity index (χ3v) is 9.74. The Kier molecular flexibility index (Phi) is 6.22. The number of thiazole rings is 1. The van der Waals surface area contributed by atoms with Gasteiger partial charge in [-0.3, -0.25) is 4.79 Å². The summed E-state index contributed by atoms with van der Waals surface area (Å²) in [6.45, 7) is 3.99. The number of aromatic nitrogens is 1. The number of amides is 1. The number of fused-ring (bicyclic) bond motifs is 1. The Hall–Kier alpha value is -1.97. The van der Waals surface area contributed by atoms with Gasteiger partial charge < -0.3 is 9.80 Å². The summed E-state index contributed by atoms with van der Waals surface area (Å²) in [6.07, 6.45) is 7.04. The summed E-state index contributed by atoms with van der Waals surface area (Å²) in [4.78, 5) is 22.2. The minimum atomic E-state index is -3.50. The molecule has 0 unspecified atom stereocenters. The number of carbonyl (C=O) groups is 1. The third-order valence-electron chi connectivity index (χ3n) is 7.01. The maximum atomic E-state index is 13.2. The number of nitrogens with zero attached hydrogens (tertiary/aromatic N) is 4. The highest BCUT2D eigenvalue weighted by Crippen LogP contribution is 2.29. The fourth-order valence-electron chi connectivity index (χ4n) is 5.16. The molecule has 3 aliphatic rings. The van der Waals surface area contributed by atoms with Crippen LogP contribution in [-0.4, -0.2) is 67.8 Å². The van der Waals surface area contributed by atoms with Crippen molar-refractivity contribution in [3.63, 3.8) is 0 Å². The molecule has 32 heavy (non-hydrogen) atoms. The fraction of sp³-hybridized carbons (Fsp3) is 0.565. The van der Waals surface area contributed by atoms with Crippen LogP contribution in [0.5, 0.6) is 0 Å². The smallest absolute Gasteiger partial charge is 0.243 e. The van der Waals surface area contributed by atoms with Crippen molar-refractivity contribution in [2.45, 2.75) is 43.4 Å². The molecule has 0 spiro atoms. The zero-order valence-corrected chi connectivity index (χ0v) is 19.9. The molecule has 2 saturated heterocycles. The number of carbonyl (C=O) groups excluding carboxylic acids is 1. The third kappa shape index (κ3) is 4.30. The number of aryl methyl sites for hydroxylation is 2. The topological polar surface area (TPSA) is 73.8 Å². The average Bonchev–Trinajstić information content (AvgIpc) is 3.46. The molecule has 2 aromatic rings. The van der Waals surface area contributed by atoms with E-state index in [-0.39, 0.29) is 11.8 Å². The summed E-state index contributed by atoms with van der Waals surface area (Å²) in [5.41, 5.74) is 2.45. The molecule has 0 bridgehead atoms. The largest absolute Gasteiger partial charge is 0.346 e. The Morgan fingerprint density at radius 3 is 2.56 bits per heavy atom. The lowest BCUT2D eigenvalue weighted by Gasteiger charge is -2.33. The van der Waals surface area contributed by atoms with E-state index in [1.54, 1.807) is 21.7 Å². The lowest BCUT2D eigenvalue weighted by atomic mass is 9.96. The first-order valence-electron chi connectivity index (χ1n) is 11.6. The van der Waals surface area contributed by atoms with Gasteiger partial charge in [-0.2, -0.15) is 4.31 Å². The van der Waals surface area contributed by atoms with Crippen molar-refractivity contribution >= 4 is 32.4 Å². The van der Waals surface area contributed by atoms with Crippen LogP contribution in [0.25, 0.3) is 0 Å². The van der Waals surface area contributed by atoms with Crippen molar-refractivity contribution in [2.75, 3.05) is 44.2 Å². The molecule has 9 heteroatoms. The Morgan fingerprint density at radius 2 is 1.78 bits per heavy atom. The van der Waals surface area contributed by atoms with E-state index in [2.05, 4.69) is 9.88 Å². The monoisotopic (exact) mass is 474 g/mol. The number of rotatable bonds is 4. The number of anilines is 1. The summed E-state index contributed by atoms with van der Waals surface area (Å²) < 4.78 is 27.9. The molecule has 2 fully saturated rings. The number of sulfonamides is 1. The molecule has 0 radical (unpaired) electrons. The number of hydrogen-bond donors (Lipinski definition) is 0. The SMILES string of the molecule is O=C(C1CCN(S(=O)(=O)c2ccc3c(c2)CCC3)CC1)N1CCCN(c2nccs2)CC1. The predicted octanol–water partition coefficient (Wildman–Crippen LogP) is 2.77. The van der Waals surface area contributed by atoms with Gasteiger partial charge in [0, 0.05) is 56.8 Å². The van der Waals surface area contributed by atoms with Gasteiger partial charge in [-0.05, 0) is 61.8 Å². The molecule has 1 amide bonds. The van der Waals surface area contributed by atoms with Crippen LogP contribution in [0.15, 0.2) is 34.7 Å². The molecule has 0 atom stereocenters. The van der Waals surface area contributed by atoms with Crippen LogP contribution < -0.4 is 4.90 Å². The van der Waals surface area contributed by atoms with Gasteiger partial charge in [0.05, 0.1) is 4.90 Å². The minimum absolute atomic E-state index is 0.0899. The van der Waals surface area contributed by atoms with E-state index in [9.17, 15) is 13.2 Å². The van der Waals surface area contributed by atoms with E-state index in [0.29, 0.717) is 37.4 Å². The maximum Gasteiger partial charge on any atom is 0.243 e. The van der Waals surface area contributed by atoms with Gasteiger partial charge in [0.1, 0.15) is 0 Å². The van der Waals surface area contributed by atoms with Gasteiger partial charge in [-0.1, -0.05) is 6.07 Å². The van der Waals surface area contributed by atoms with E-state index < -0.39 is 10.0 Å². The number of piperidine rings is 1. The highest BCUT2D eigenvalue weighted by Gasteiger charge is 2.34. The van der Waals surface area contributed by atoms with Crippen LogP contribution in [-0.2, 0) is 27.7 Å². The zero-order valence-electron chi connectivity index (χ0n) is 18.3. The van der Waals surface area contributed by atoms with Crippen molar-refractivity contribution < 1.29 is 13.2 Å². The zero-order chi connectivity index (χ0) is 22.1. The second-order valence-corrected chi connectivity index (χ2v) is 11.8. The predicted molar refractivity (Wildman–Crippen MR) is 125 cm³/mol. The Bertz CT molecular complexity index is 1060. The van der Waals surface area contributed by atoms with Crippen molar-refractivity contribution in [3.05, 3.63) is 40.9 Å². The Balaban J connectivity index is 1.18. The summed E-state index contributed by atoms with van der Waals surface area (Å²) in [6, 6.07) is 5.59. The van der Waals surface area contributed by atoms with Crippen molar-refractivity contribution in [1.29, 1.82) is 0 Å². The van der Waals surface area contributed by atoms with Gasteiger partial charge in [0.15, 0.2) is 5.13 Å². The van der Waals surface area contributed by atoms with Gasteiger partial charge in [0.2, 0.25) is 15.9 Å². The van der Waals surface area contributed by atoms with Gasteiger partial charge in [0.25, 0.3) is 0 Å². The first-order valence-corrected chi connectivity index (χ1v) is 13.9. The lowest BCUT2D eigenvalue weighted by Crippen LogP contribution is -2.45. The minimum Gasteiger partial charge on any atom is -0.346 e. The first-order chi connectivity index (χ1) is 15.5. The maximum absolute atomic E-state index is 13.2. The van der Waals surface area contributed by atoms with Crippen molar-refractivity contribution in [1.82, 2.24) is 14.2 Å². The molecule has 7 nitrogen and oxygen atoms in total. The molecular weight excluding hydrogens is 444 g/mol. The average molecular weight is 475 g/mol. The van der Waals surface area contributed by atoms with Gasteiger partial charge >= 0.3 is 0 Å². The molecule has 1 aromatic heterocycles. The van der Waals surface area contributed by atoms with Crippen LogP contribution in [0, 0.1) is 5.92 Å². The Morgan fingerprint density at radius 1 is 0.969 bits per heavy atom. The van der Waals surface area contributed by atoms with Gasteiger partial charge in [-0.25, -0.2) is 13.4 Å². The van der Waals surface area contributed by atoms with Crippen LogP contribution in [0.1, 0.15) is 36.8 Å². The Labute approximate surface area is 194 Å². The number of hydrogen-bond acceptors (Lipinski definition) is 6. The first kappa shape index (κ1) is 21.9. The normalized spacial score (nSPS) is 20.9. The van der Waals surface area contributed by atoms with Crippen LogP contribution in [0.2, 0.25) is 0 Å². The second-order valence-electron chi connectivity index (χ2n) is 8.94. The molecule has 5 rings (SSSR count). The lowest BCUT2D eigenvalue weighted by molar-refractivity contribution is -0.136. The molecule has 2 aliphatic heterocycles. The van der Waals surface area contributed by atoms with Gasteiger partial charge in [-0.15, -0.1) is 11.3 Å². The molecular formula is C23H30N4O3S2. The highest BCUT2D eigenvalue weighted by molar-refractivity contribution is 7.89. The van der Waals surface area contributed by atoms with E-state index in [1.165, 1.54) is 11.1 Å². The molecule has 1 aliphatic carbocycles. The van der Waals surface area contributed by atoms with E-state index in [4.69, 9.17) is 0 Å². The van der Waals surface area contributed by atoms with E-state index in [0.717, 1.165) is 50.4 Å². The van der Waals surface area contributed by atoms with Crippen molar-refractivity contribution in [2.24, 2.45) is 5.92 Å². The standard InChI is InChI=1S/C23H30N4O3S2/c28-22(25-10-2-11-26(15-14-25)23-24-9-16-31-23)19-7-12-27(13-8-19)32(29,30)21-6-5-18-3-1-4-20(18)17-21/h5-6,9,16-17,19H,1-4,7-8,10-15H2. The molecule has 3 heterocycles. The fourth-order valence-corrected chi connectivity index (χ4v) is 7.38. The summed E-state index contributed by atoms with van der Waals surface area (Å²) in [5, 5.41) is 3.00. The molecule has 0 N–H and O–H groups in total. The number of benzene rings is 1. The van der Waals surface area contributed by atoms with Crippen molar-refractivity contribution in [3.8, 4) is 0 Å². The molecule has 1 aromatic carbocycles. The molecule has 172 valence electrons. The van der Waals surface area contributed by atoms with E-state index >= 15 is 0 Å². The van der Waals surface area contributed by atoms with E-state index in [1.807, 2.05) is 28.6 Å². The summed E-state index contributed by atoms with van der Waals surface area (Å²) in [7, 11) is -3.50. The quantitative estimate of drug-likeness (QED) is 0.681. The second kappa shape index (κ2) is 9.11. The highest BCUT2D eigenvalue weighted by atomic mass is 32.2. The van der Waals surface area contributed by atoms with Crippen LogP contribution in [0.4, 0.5) is 5.13 Å².